The van der Waals surface area contributed by atoms with Gasteiger partial charge in [-0.2, -0.15) is 0 Å². The number of carboxylic acids is 2. The molecule has 1 heterocycles. The second-order valence-electron chi connectivity index (χ2n) is 7.33. The molecule has 1 aliphatic carbocycles. The van der Waals surface area contributed by atoms with Crippen LogP contribution in [0.2, 0.25) is 0 Å². The van der Waals surface area contributed by atoms with Crippen LogP contribution in [-0.4, -0.2) is 64.0 Å². The third kappa shape index (κ3) is 7.18. The van der Waals surface area contributed by atoms with Crippen LogP contribution in [0.5, 0.6) is 5.75 Å². The maximum atomic E-state index is 10.5. The number of aliphatic carboxylic acids is 2. The van der Waals surface area contributed by atoms with Gasteiger partial charge in [-0.1, -0.05) is 25.5 Å². The minimum atomic E-state index is -1.26. The lowest BCUT2D eigenvalue weighted by Gasteiger charge is -2.37. The number of benzene rings is 1. The molecule has 2 unspecified atom stereocenters. The van der Waals surface area contributed by atoms with Crippen molar-refractivity contribution in [1.82, 2.24) is 4.90 Å². The Morgan fingerprint density at radius 3 is 2.55 bits per heavy atom. The lowest BCUT2D eigenvalue weighted by molar-refractivity contribution is -0.134. The smallest absolute Gasteiger partial charge is 0.328 e. The van der Waals surface area contributed by atoms with Gasteiger partial charge in [-0.3, -0.25) is 4.90 Å². The number of aliphatic hydroxyl groups is 1. The molecule has 1 aliphatic heterocycles. The second-order valence-corrected chi connectivity index (χ2v) is 7.33. The van der Waals surface area contributed by atoms with Crippen LogP contribution < -0.4 is 4.74 Å². The summed E-state index contributed by atoms with van der Waals surface area (Å²) in [4.78, 5) is 21.5. The Morgan fingerprint density at radius 1 is 1.17 bits per heavy atom. The van der Waals surface area contributed by atoms with Gasteiger partial charge >= 0.3 is 11.9 Å². The Labute approximate surface area is 171 Å². The molecular formula is C22H31NO6. The average Bonchev–Trinajstić information content (AvgIpc) is 3.20. The highest BCUT2D eigenvalue weighted by atomic mass is 16.5. The maximum absolute atomic E-state index is 10.5. The Balaban J connectivity index is 0.000000321. The molecular weight excluding hydrogens is 374 g/mol. The molecule has 0 amide bonds. The van der Waals surface area contributed by atoms with E-state index in [1.54, 1.807) is 0 Å². The fourth-order valence-corrected chi connectivity index (χ4v) is 3.99. The fraction of sp³-hybridized carbons (Fsp3) is 0.545. The van der Waals surface area contributed by atoms with Crippen LogP contribution >= 0.6 is 0 Å². The van der Waals surface area contributed by atoms with Crippen LogP contribution in [0.1, 0.15) is 43.7 Å². The van der Waals surface area contributed by atoms with E-state index in [1.807, 2.05) is 0 Å². The molecule has 0 saturated carbocycles. The predicted octanol–water partition coefficient (Wildman–Crippen LogP) is 2.50. The summed E-state index contributed by atoms with van der Waals surface area (Å²) in [5.41, 5.74) is 2.79. The van der Waals surface area contributed by atoms with Gasteiger partial charge in [0.1, 0.15) is 18.5 Å². The van der Waals surface area contributed by atoms with Gasteiger partial charge in [-0.25, -0.2) is 9.59 Å². The molecule has 29 heavy (non-hydrogen) atoms. The highest BCUT2D eigenvalue weighted by Gasteiger charge is 2.28. The molecule has 1 aromatic rings. The van der Waals surface area contributed by atoms with Crippen LogP contribution in [0.15, 0.2) is 30.4 Å². The number of rotatable bonds is 7. The first kappa shape index (κ1) is 22.9. The van der Waals surface area contributed by atoms with Crippen LogP contribution in [0.4, 0.5) is 0 Å². The largest absolute Gasteiger partial charge is 0.491 e. The summed E-state index contributed by atoms with van der Waals surface area (Å²) in [5.74, 6) is -1.53. The molecule has 1 fully saturated rings. The molecule has 3 N–H and O–H groups in total. The number of aliphatic hydroxyl groups excluding tert-OH is 1. The van der Waals surface area contributed by atoms with Crippen LogP contribution in [0.3, 0.4) is 0 Å². The van der Waals surface area contributed by atoms with Crippen molar-refractivity contribution in [3.63, 3.8) is 0 Å². The number of likely N-dealkylation sites (tertiary alicyclic amines) is 1. The van der Waals surface area contributed by atoms with E-state index in [1.165, 1.54) is 36.8 Å². The standard InChI is InChI=1S/C18H27NO2.C4H4O4/c1-2-19-12-4-3-10-16(19)17(20)13-21-18-11-6-8-14-7-5-9-15(14)18;5-3(6)1-2-4(7)8/h6,8,11,16-17,20H,2-5,7,9-10,12-13H2,1H3;1-2H,(H,5,6)(H,7,8)/b;2-1-. The number of carboxylic acid groups (broad SMARTS) is 2. The minimum Gasteiger partial charge on any atom is -0.491 e. The Morgan fingerprint density at radius 2 is 1.90 bits per heavy atom. The normalized spacial score (nSPS) is 19.9. The number of piperidine rings is 1. The molecule has 0 spiro atoms. The Hall–Kier alpha value is -2.38. The summed E-state index contributed by atoms with van der Waals surface area (Å²) in [6.07, 6.45) is 7.80. The number of ether oxygens (including phenoxy) is 1. The fourth-order valence-electron chi connectivity index (χ4n) is 3.99. The zero-order chi connectivity index (χ0) is 21.2. The average molecular weight is 405 g/mol. The van der Waals surface area contributed by atoms with Crippen molar-refractivity contribution in [2.45, 2.75) is 57.6 Å². The van der Waals surface area contributed by atoms with Crippen molar-refractivity contribution in [2.75, 3.05) is 19.7 Å². The number of aryl methyl sites for hydroxylation is 1. The van der Waals surface area contributed by atoms with Gasteiger partial charge in [0.05, 0.1) is 0 Å². The van der Waals surface area contributed by atoms with Gasteiger partial charge in [0.15, 0.2) is 0 Å². The van der Waals surface area contributed by atoms with Gasteiger partial charge in [-0.15, -0.1) is 0 Å². The molecule has 0 bridgehead atoms. The van der Waals surface area contributed by atoms with E-state index >= 15 is 0 Å². The molecule has 2 aliphatic rings. The lowest BCUT2D eigenvalue weighted by atomic mass is 9.97. The van der Waals surface area contributed by atoms with Gasteiger partial charge < -0.3 is 20.1 Å². The second kappa shape index (κ2) is 11.6. The lowest BCUT2D eigenvalue weighted by Crippen LogP contribution is -2.48. The molecule has 1 aromatic carbocycles. The molecule has 7 nitrogen and oxygen atoms in total. The topological polar surface area (TPSA) is 107 Å². The SMILES string of the molecule is CCN1CCCCC1C(O)COc1cccc2c1CCC2.O=C(O)/C=C\C(=O)O. The first-order chi connectivity index (χ1) is 13.9. The van der Waals surface area contributed by atoms with E-state index in [2.05, 4.69) is 30.0 Å². The quantitative estimate of drug-likeness (QED) is 0.598. The van der Waals surface area contributed by atoms with E-state index in [0.717, 1.165) is 31.7 Å². The van der Waals surface area contributed by atoms with Gasteiger partial charge in [0.25, 0.3) is 0 Å². The van der Waals surface area contributed by atoms with E-state index in [0.29, 0.717) is 18.8 Å². The molecule has 1 saturated heterocycles. The molecule has 0 radical (unpaired) electrons. The van der Waals surface area contributed by atoms with Crippen LogP contribution in [0, 0.1) is 0 Å². The van der Waals surface area contributed by atoms with Crippen molar-refractivity contribution in [3.05, 3.63) is 41.5 Å². The van der Waals surface area contributed by atoms with Crippen LogP contribution in [0.25, 0.3) is 0 Å². The van der Waals surface area contributed by atoms with E-state index < -0.39 is 11.9 Å². The summed E-state index contributed by atoms with van der Waals surface area (Å²) in [6.45, 7) is 4.72. The van der Waals surface area contributed by atoms with Crippen molar-refractivity contribution in [3.8, 4) is 5.75 Å². The Kier molecular flexibility index (Phi) is 9.15. The van der Waals surface area contributed by atoms with E-state index in [-0.39, 0.29) is 12.1 Å². The van der Waals surface area contributed by atoms with Crippen molar-refractivity contribution < 1.29 is 29.6 Å². The van der Waals surface area contributed by atoms with Crippen LogP contribution in [-0.2, 0) is 22.4 Å². The summed E-state index contributed by atoms with van der Waals surface area (Å²) < 4.78 is 5.98. The van der Waals surface area contributed by atoms with Crippen molar-refractivity contribution >= 4 is 11.9 Å². The predicted molar refractivity (Wildman–Crippen MR) is 109 cm³/mol. The monoisotopic (exact) mass is 405 g/mol. The van der Waals surface area contributed by atoms with Crippen molar-refractivity contribution in [2.24, 2.45) is 0 Å². The summed E-state index contributed by atoms with van der Waals surface area (Å²) in [7, 11) is 0. The maximum Gasteiger partial charge on any atom is 0.328 e. The molecule has 2 atom stereocenters. The van der Waals surface area contributed by atoms with E-state index in [9.17, 15) is 14.7 Å². The summed E-state index contributed by atoms with van der Waals surface area (Å²) >= 11 is 0. The number of fused-ring (bicyclic) bond motifs is 1. The first-order valence-corrected chi connectivity index (χ1v) is 10.2. The highest BCUT2D eigenvalue weighted by Crippen LogP contribution is 2.30. The van der Waals surface area contributed by atoms with Gasteiger partial charge in [-0.05, 0) is 62.4 Å². The van der Waals surface area contributed by atoms with Gasteiger partial charge in [0, 0.05) is 18.2 Å². The molecule has 7 heteroatoms. The number of carbonyl (C=O) groups is 2. The van der Waals surface area contributed by atoms with E-state index in [4.69, 9.17) is 14.9 Å². The number of nitrogens with zero attached hydrogens (tertiary/aromatic N) is 1. The van der Waals surface area contributed by atoms with Crippen molar-refractivity contribution in [1.29, 1.82) is 0 Å². The minimum absolute atomic E-state index is 0.264. The molecule has 3 rings (SSSR count). The summed E-state index contributed by atoms with van der Waals surface area (Å²) in [6, 6.07) is 6.59. The zero-order valence-corrected chi connectivity index (χ0v) is 16.9. The molecule has 0 aromatic heterocycles. The third-order valence-electron chi connectivity index (χ3n) is 5.40. The zero-order valence-electron chi connectivity index (χ0n) is 16.9. The number of likely N-dealkylation sites (N-methyl/N-ethyl adjacent to an activating group) is 1. The third-order valence-corrected chi connectivity index (χ3v) is 5.40. The first-order valence-electron chi connectivity index (χ1n) is 10.2. The highest BCUT2D eigenvalue weighted by molar-refractivity contribution is 5.89. The molecule has 160 valence electrons. The summed E-state index contributed by atoms with van der Waals surface area (Å²) in [5, 5.41) is 26.1. The van der Waals surface area contributed by atoms with Gasteiger partial charge in [0.2, 0.25) is 0 Å². The number of hydrogen-bond donors (Lipinski definition) is 3. The Bertz CT molecular complexity index is 701. The number of hydrogen-bond acceptors (Lipinski definition) is 5.